The highest BCUT2D eigenvalue weighted by molar-refractivity contribution is 7.84. The van der Waals surface area contributed by atoms with Gasteiger partial charge in [0.05, 0.1) is 63.2 Å². The second kappa shape index (κ2) is 31.7. The molecule has 1 unspecified atom stereocenters. The first-order valence-electron chi connectivity index (χ1n) is 28.9. The third kappa shape index (κ3) is 19.5. The number of nitrogens with one attached hydrogen (secondary N) is 5. The average molecular weight is 1190 g/mol. The molecule has 4 aromatic rings. The Balaban J connectivity index is 0.768. The molecule has 2 aromatic heterocycles. The van der Waals surface area contributed by atoms with Gasteiger partial charge in [-0.25, -0.2) is 24.7 Å². The van der Waals surface area contributed by atoms with E-state index in [-0.39, 0.29) is 144 Å². The number of primary amides is 1. The zero-order valence-electron chi connectivity index (χ0n) is 48.1. The minimum atomic E-state index is -4.17. The van der Waals surface area contributed by atoms with Crippen LogP contribution in [0.2, 0.25) is 0 Å². The number of carbonyl (C=O) groups is 7. The number of imide groups is 1. The smallest absolute Gasteiger partial charge is 0.407 e. The number of nitrogens with zero attached hydrogens (tertiary/aromatic N) is 4. The van der Waals surface area contributed by atoms with Gasteiger partial charge in [0.15, 0.2) is 5.78 Å². The van der Waals surface area contributed by atoms with E-state index in [2.05, 4.69) is 65.4 Å². The molecule has 3 aliphatic rings. The van der Waals surface area contributed by atoms with Gasteiger partial charge in [0.25, 0.3) is 0 Å². The van der Waals surface area contributed by atoms with Crippen molar-refractivity contribution in [3.8, 4) is 0 Å². The Labute approximate surface area is 490 Å². The molecule has 9 N–H and O–H groups in total. The van der Waals surface area contributed by atoms with E-state index in [1.54, 1.807) is 51.4 Å². The summed E-state index contributed by atoms with van der Waals surface area (Å²) in [5.41, 5.74) is 9.67. The predicted molar refractivity (Wildman–Crippen MR) is 310 cm³/mol. The van der Waals surface area contributed by atoms with E-state index < -0.39 is 40.3 Å². The molecule has 1 aliphatic heterocycles. The highest BCUT2D eigenvalue weighted by Crippen LogP contribution is 2.40. The monoisotopic (exact) mass is 1190 g/mol. The van der Waals surface area contributed by atoms with Crippen LogP contribution in [0.1, 0.15) is 120 Å². The molecule has 26 heteroatoms. The van der Waals surface area contributed by atoms with E-state index in [9.17, 15) is 42.0 Å². The van der Waals surface area contributed by atoms with Crippen molar-refractivity contribution in [3.05, 3.63) is 83.8 Å². The predicted octanol–water partition coefficient (Wildman–Crippen LogP) is 5.11. The third-order valence-electron chi connectivity index (χ3n) is 15.4. The number of aryl methyl sites for hydroxylation is 1. The maximum atomic E-state index is 13.7. The van der Waals surface area contributed by atoms with Gasteiger partial charge in [-0.1, -0.05) is 63.6 Å². The Morgan fingerprint density at radius 2 is 1.63 bits per heavy atom. The Hall–Kier alpha value is -7.10. The van der Waals surface area contributed by atoms with Crippen LogP contribution in [0.15, 0.2) is 67.1 Å². The van der Waals surface area contributed by atoms with Crippen molar-refractivity contribution in [2.75, 3.05) is 69.9 Å². The van der Waals surface area contributed by atoms with Crippen LogP contribution in [0.5, 0.6) is 0 Å². The first-order chi connectivity index (χ1) is 40.3. The van der Waals surface area contributed by atoms with Gasteiger partial charge in [0.2, 0.25) is 23.6 Å². The number of rotatable bonds is 35. The molecule has 25 nitrogen and oxygen atoms in total. The lowest BCUT2D eigenvalue weighted by atomic mass is 9.89. The molecule has 2 aromatic carbocycles. The molecule has 3 heterocycles. The fourth-order valence-corrected chi connectivity index (χ4v) is 11.3. The number of carbonyl (C=O) groups excluding carboxylic acids is 7. The molecule has 458 valence electrons. The lowest BCUT2D eigenvalue weighted by molar-refractivity contribution is -0.139. The number of anilines is 2. The zero-order valence-corrected chi connectivity index (χ0v) is 48.9. The van der Waals surface area contributed by atoms with Gasteiger partial charge >= 0.3 is 22.4 Å². The maximum absolute atomic E-state index is 13.7. The molecule has 7 rings (SSSR count). The summed E-state index contributed by atoms with van der Waals surface area (Å²) in [5, 5.41) is 20.5. The second-order valence-electron chi connectivity index (χ2n) is 22.0. The summed E-state index contributed by atoms with van der Waals surface area (Å²) in [6.45, 7) is 7.04. The maximum Gasteiger partial charge on any atom is 0.407 e. The number of unbranched alkanes of at least 4 members (excludes halogenated alkanes) is 2. The molecular weight excluding hydrogens is 1110 g/mol. The Kier molecular flexibility index (Phi) is 24.3. The number of ketones is 1. The van der Waals surface area contributed by atoms with E-state index in [0.29, 0.717) is 56.3 Å². The summed E-state index contributed by atoms with van der Waals surface area (Å²) >= 11 is 0. The van der Waals surface area contributed by atoms with E-state index >= 15 is 0 Å². The normalized spacial score (nSPS) is 19.3. The number of amides is 7. The number of Topliss-reactive ketones (excluding diaryl/α,β-unsaturated/α-hetero) is 1. The number of hydrogen-bond acceptors (Lipinski definition) is 17. The number of fused-ring (bicyclic) bond motifs is 2. The van der Waals surface area contributed by atoms with Gasteiger partial charge in [0.1, 0.15) is 24.4 Å². The van der Waals surface area contributed by atoms with E-state index in [1.807, 2.05) is 12.3 Å². The van der Waals surface area contributed by atoms with Crippen LogP contribution < -0.4 is 37.5 Å². The van der Waals surface area contributed by atoms with Gasteiger partial charge in [-0.2, -0.15) is 8.42 Å². The topological polar surface area (TPSA) is 346 Å². The van der Waals surface area contributed by atoms with Crippen molar-refractivity contribution in [1.82, 2.24) is 35.4 Å². The number of ether oxygens (including phenoxy) is 4. The van der Waals surface area contributed by atoms with Crippen molar-refractivity contribution in [3.63, 3.8) is 0 Å². The van der Waals surface area contributed by atoms with Crippen LogP contribution in [-0.4, -0.2) is 141 Å². The van der Waals surface area contributed by atoms with Crippen LogP contribution >= 0.6 is 0 Å². The van der Waals surface area contributed by atoms with E-state index in [4.69, 9.17) is 34.0 Å². The number of hydrogen-bond donors (Lipinski definition) is 7. The van der Waals surface area contributed by atoms with Crippen molar-refractivity contribution in [2.24, 2.45) is 34.5 Å². The SMILES string of the molecule is CC1CC(=O)N(CCCCCC(=O)N[C@@H](C(=O)C[C@H](CCCNC(N)=O)C(=O)Nc2ccc(COC(=O)NCCOCCOCCO[C@H]3C[C@H](n4ccc5c(N[C@H]6CCc7ccccc76)ncnc54)C[C@H]3COS(N)(=O)=O)cc2)C(C)C)C1=O. The van der Waals surface area contributed by atoms with Gasteiger partial charge in [-0.05, 0) is 92.2 Å². The molecule has 7 amide bonds. The van der Waals surface area contributed by atoms with Crippen molar-refractivity contribution >= 4 is 74.4 Å². The molecule has 2 fully saturated rings. The average Bonchev–Trinajstić information content (AvgIpc) is 4.46. The summed E-state index contributed by atoms with van der Waals surface area (Å²) in [4.78, 5) is 98.9. The molecule has 2 aliphatic carbocycles. The number of urea groups is 1. The number of aromatic nitrogens is 3. The molecule has 84 heavy (non-hydrogen) atoms. The Bertz CT molecular complexity index is 3000. The Morgan fingerprint density at radius 1 is 0.869 bits per heavy atom. The van der Waals surface area contributed by atoms with Crippen LogP contribution in [0.3, 0.4) is 0 Å². The first kappa shape index (κ1) is 64.5. The van der Waals surface area contributed by atoms with Gasteiger partial charge in [-0.15, -0.1) is 0 Å². The lowest BCUT2D eigenvalue weighted by Crippen LogP contribution is -2.45. The van der Waals surface area contributed by atoms with Crippen LogP contribution in [0, 0.1) is 23.7 Å². The van der Waals surface area contributed by atoms with Crippen molar-refractivity contribution in [1.29, 1.82) is 0 Å². The molecule has 0 bridgehead atoms. The van der Waals surface area contributed by atoms with E-state index in [0.717, 1.165) is 29.7 Å². The van der Waals surface area contributed by atoms with Gasteiger partial charge < -0.3 is 55.8 Å². The minimum absolute atomic E-state index is 0.0569. The zero-order chi connectivity index (χ0) is 60.2. The van der Waals surface area contributed by atoms with E-state index in [1.165, 1.54) is 16.0 Å². The Morgan fingerprint density at radius 3 is 2.37 bits per heavy atom. The fraction of sp³-hybridized carbons (Fsp3) is 0.569. The molecule has 1 saturated carbocycles. The molecule has 1 saturated heterocycles. The van der Waals surface area contributed by atoms with Crippen LogP contribution in [0.25, 0.3) is 11.0 Å². The number of benzene rings is 2. The minimum Gasteiger partial charge on any atom is -0.445 e. The molecular formula is C58H81N11O14S. The fourth-order valence-electron chi connectivity index (χ4n) is 11.0. The summed E-state index contributed by atoms with van der Waals surface area (Å²) < 4.78 is 53.6. The van der Waals surface area contributed by atoms with Crippen LogP contribution in [0.4, 0.5) is 21.1 Å². The summed E-state index contributed by atoms with van der Waals surface area (Å²) in [6.07, 6.45) is 8.13. The summed E-state index contributed by atoms with van der Waals surface area (Å²) in [6, 6.07) is 15.6. The molecule has 7 atom stereocenters. The van der Waals surface area contributed by atoms with Gasteiger partial charge in [0, 0.05) is 74.6 Å². The number of nitrogens with two attached hydrogens (primary N) is 2. The van der Waals surface area contributed by atoms with Crippen molar-refractivity contribution in [2.45, 2.75) is 129 Å². The van der Waals surface area contributed by atoms with Gasteiger partial charge in [-0.3, -0.25) is 33.1 Å². The third-order valence-corrected chi connectivity index (χ3v) is 15.8. The molecule has 0 radical (unpaired) electrons. The standard InChI is InChI=1S/C58H81N11O14S/c1-37(2)52(67-50(71)13-5-4-8-23-69-51(72)30-38(3)56(69)74)48(70)32-41(11-9-21-61-57(59)75)55(73)65-43-17-14-39(15-18-43)34-82-58(76)62-22-25-79-26-27-80-28-29-81-49-33-44(31-42(49)35-83-84(60,77)78)68-24-20-46-53(63-36-64-54(46)68)66-47-19-16-40-10-6-7-12-45(40)47/h6-7,10,12,14-15,17-18,20,24,36-38,41-42,44,47,49,52H,4-5,8-9,11,13,16,19,21-23,25-35H2,1-3H3,(H,62,76)(H,65,73)(H,67,71)(H3,59,61,75)(H2,60,77,78)(H,63,64,66)/t38?,41-,42-,44+,47-,49-,52+/m0/s1. The summed E-state index contributed by atoms with van der Waals surface area (Å²) in [5.74, 6) is -2.31. The quantitative estimate of drug-likeness (QED) is 0.0232. The number of likely N-dealkylation sites (tertiary alicyclic amines) is 1. The largest absolute Gasteiger partial charge is 0.445 e. The molecule has 0 spiro atoms. The van der Waals surface area contributed by atoms with Crippen LogP contribution in [-0.2, 0) is 70.4 Å². The highest BCUT2D eigenvalue weighted by atomic mass is 32.2. The summed E-state index contributed by atoms with van der Waals surface area (Å²) in [7, 11) is -4.17. The highest BCUT2D eigenvalue weighted by Gasteiger charge is 2.38. The second-order valence-corrected chi connectivity index (χ2v) is 23.2. The number of alkyl carbamates (subject to hydrolysis) is 1. The first-order valence-corrected chi connectivity index (χ1v) is 30.4. The lowest BCUT2D eigenvalue weighted by Gasteiger charge is -2.24. The van der Waals surface area contributed by atoms with Crippen molar-refractivity contribution < 1.29 is 65.1 Å².